The number of hydrogen-bond acceptors (Lipinski definition) is 7. The van der Waals surface area contributed by atoms with Gasteiger partial charge in [0.1, 0.15) is 17.7 Å². The van der Waals surface area contributed by atoms with Crippen molar-refractivity contribution in [3.8, 4) is 5.75 Å². The minimum Gasteiger partial charge on any atom is -0.451 e. The second-order valence-electron chi connectivity index (χ2n) is 11.5. The van der Waals surface area contributed by atoms with Crippen LogP contribution in [-0.2, 0) is 22.4 Å². The summed E-state index contributed by atoms with van der Waals surface area (Å²) in [6.45, 7) is 6.92. The molecule has 2 N–H and O–H groups in total. The molecule has 5 rings (SSSR count). The molecule has 3 aromatic rings. The molecule has 1 aromatic heterocycles. The molecule has 0 unspecified atom stereocenters. The third kappa shape index (κ3) is 5.53. The van der Waals surface area contributed by atoms with Crippen molar-refractivity contribution in [3.05, 3.63) is 92.4 Å². The van der Waals surface area contributed by atoms with Crippen molar-refractivity contribution in [2.24, 2.45) is 11.7 Å². The van der Waals surface area contributed by atoms with Gasteiger partial charge in [0.05, 0.1) is 12.2 Å². The van der Waals surface area contributed by atoms with Gasteiger partial charge in [-0.05, 0) is 67.0 Å². The molecule has 228 valence electrons. The summed E-state index contributed by atoms with van der Waals surface area (Å²) in [6, 6.07) is 7.82. The quantitative estimate of drug-likeness (QED) is 0.308. The first-order valence-corrected chi connectivity index (χ1v) is 14.6. The number of nitrogens with zero attached hydrogens (tertiary/aromatic N) is 3. The van der Waals surface area contributed by atoms with Crippen LogP contribution < -0.4 is 15.9 Å². The van der Waals surface area contributed by atoms with E-state index in [1.165, 1.54) is 16.8 Å². The molecule has 2 heterocycles. The second-order valence-corrected chi connectivity index (χ2v) is 11.5. The van der Waals surface area contributed by atoms with Crippen molar-refractivity contribution in [1.29, 1.82) is 0 Å². The topological polar surface area (TPSA) is 117 Å². The van der Waals surface area contributed by atoms with Crippen LogP contribution >= 0.6 is 0 Å². The Balaban J connectivity index is 1.63. The van der Waals surface area contributed by atoms with Crippen LogP contribution in [0.15, 0.2) is 47.4 Å². The van der Waals surface area contributed by atoms with Crippen LogP contribution in [0.1, 0.15) is 78.8 Å². The number of ether oxygens (including phenoxy) is 2. The first-order valence-electron chi connectivity index (χ1n) is 14.6. The summed E-state index contributed by atoms with van der Waals surface area (Å²) < 4.78 is 42.8. The Morgan fingerprint density at radius 2 is 1.65 bits per heavy atom. The molecule has 0 bridgehead atoms. The highest BCUT2D eigenvalue weighted by molar-refractivity contribution is 5.96. The van der Waals surface area contributed by atoms with Gasteiger partial charge in [0.2, 0.25) is 18.0 Å². The molecule has 0 saturated heterocycles. The van der Waals surface area contributed by atoms with Gasteiger partial charge >= 0.3 is 5.97 Å². The number of rotatable bonds is 8. The summed E-state index contributed by atoms with van der Waals surface area (Å²) in [4.78, 5) is 40.9. The number of halogens is 2. The number of nitrogens with two attached hydrogens (primary N) is 1. The van der Waals surface area contributed by atoms with Crippen molar-refractivity contribution in [2.75, 3.05) is 13.3 Å². The largest absolute Gasteiger partial charge is 0.451 e. The monoisotopic (exact) mass is 594 g/mol. The lowest BCUT2D eigenvalue weighted by atomic mass is 9.81. The zero-order valence-corrected chi connectivity index (χ0v) is 24.7. The van der Waals surface area contributed by atoms with Gasteiger partial charge in [-0.15, -0.1) is 0 Å². The zero-order chi connectivity index (χ0) is 31.0. The van der Waals surface area contributed by atoms with E-state index in [1.807, 2.05) is 39.8 Å². The SMILES string of the molecule is CC[C@@H](C)[C@@H](N)C(=O)OCOc1c2n(ncc1=O)[C@@H](C1c3cccc(F)c3CCc3c(F)cccc31)CN(C(C)C)C2=O. The van der Waals surface area contributed by atoms with E-state index in [0.717, 1.165) is 6.20 Å². The first-order chi connectivity index (χ1) is 20.5. The van der Waals surface area contributed by atoms with E-state index in [-0.39, 0.29) is 29.9 Å². The van der Waals surface area contributed by atoms with E-state index in [4.69, 9.17) is 15.2 Å². The number of esters is 1. The molecule has 0 fully saturated rings. The summed E-state index contributed by atoms with van der Waals surface area (Å²) in [5.74, 6) is -3.04. The molecule has 1 aliphatic carbocycles. The standard InChI is InChI=1S/C32H36F2N4O5/c1-5-18(4)28(35)32(41)43-16-42-30-26(39)14-36-38-25(15-37(17(2)3)31(40)29(30)38)27-21-8-6-10-23(33)19(21)12-13-20-22(27)9-7-11-24(20)34/h6-11,14,17-18,25,27-28H,5,12-13,15-16,35H2,1-4H3/t18-,25-,28-/m1/s1. The lowest BCUT2D eigenvalue weighted by Gasteiger charge is -2.41. The Kier molecular flexibility index (Phi) is 8.64. The Hall–Kier alpha value is -4.12. The van der Waals surface area contributed by atoms with Crippen molar-refractivity contribution in [3.63, 3.8) is 0 Å². The van der Waals surface area contributed by atoms with E-state index in [0.29, 0.717) is 41.5 Å². The normalized spacial score (nSPS) is 17.9. The van der Waals surface area contributed by atoms with E-state index in [2.05, 4.69) is 5.10 Å². The third-order valence-corrected chi connectivity index (χ3v) is 8.68. The van der Waals surface area contributed by atoms with Crippen LogP contribution in [0.25, 0.3) is 0 Å². The fourth-order valence-corrected chi connectivity index (χ4v) is 6.05. The first kappa shape index (κ1) is 30.3. The molecule has 1 amide bonds. The number of carbonyl (C=O) groups excluding carboxylic acids is 2. The second kappa shape index (κ2) is 12.2. The van der Waals surface area contributed by atoms with Crippen LogP contribution in [0, 0.1) is 17.6 Å². The zero-order valence-electron chi connectivity index (χ0n) is 24.7. The third-order valence-electron chi connectivity index (χ3n) is 8.68. The summed E-state index contributed by atoms with van der Waals surface area (Å²) in [7, 11) is 0. The van der Waals surface area contributed by atoms with Crippen LogP contribution in [-0.4, -0.2) is 52.0 Å². The van der Waals surface area contributed by atoms with Gasteiger partial charge in [-0.2, -0.15) is 5.10 Å². The van der Waals surface area contributed by atoms with Gasteiger partial charge in [0, 0.05) is 18.5 Å². The average Bonchev–Trinajstić information content (AvgIpc) is 3.16. The Morgan fingerprint density at radius 3 is 2.21 bits per heavy atom. The van der Waals surface area contributed by atoms with Gasteiger partial charge in [0.25, 0.3) is 5.91 Å². The van der Waals surface area contributed by atoms with Gasteiger partial charge in [-0.3, -0.25) is 19.1 Å². The number of fused-ring (bicyclic) bond motifs is 3. The highest BCUT2D eigenvalue weighted by Crippen LogP contribution is 2.45. The minimum atomic E-state index is -0.875. The summed E-state index contributed by atoms with van der Waals surface area (Å²) in [5.41, 5.74) is 7.42. The smallest absolute Gasteiger partial charge is 0.326 e. The Labute approximate surface area is 248 Å². The number of amides is 1. The van der Waals surface area contributed by atoms with Gasteiger partial charge in [-0.1, -0.05) is 44.5 Å². The molecule has 3 atom stereocenters. The van der Waals surface area contributed by atoms with Crippen molar-refractivity contribution in [1.82, 2.24) is 14.7 Å². The maximum Gasteiger partial charge on any atom is 0.326 e. The number of benzene rings is 2. The van der Waals surface area contributed by atoms with E-state index in [9.17, 15) is 14.4 Å². The number of hydrogen-bond donors (Lipinski definition) is 1. The van der Waals surface area contributed by atoms with Gasteiger partial charge in [0.15, 0.2) is 5.69 Å². The van der Waals surface area contributed by atoms with Gasteiger partial charge < -0.3 is 20.1 Å². The van der Waals surface area contributed by atoms with E-state index >= 15 is 8.78 Å². The van der Waals surface area contributed by atoms with Crippen LogP contribution in [0.4, 0.5) is 8.78 Å². The summed E-state index contributed by atoms with van der Waals surface area (Å²) in [5, 5.41) is 4.37. The summed E-state index contributed by atoms with van der Waals surface area (Å²) >= 11 is 0. The highest BCUT2D eigenvalue weighted by Gasteiger charge is 2.43. The fourth-order valence-electron chi connectivity index (χ4n) is 6.05. The lowest BCUT2D eigenvalue weighted by molar-refractivity contribution is -0.153. The van der Waals surface area contributed by atoms with Crippen molar-refractivity contribution in [2.45, 2.75) is 71.0 Å². The van der Waals surface area contributed by atoms with Crippen LogP contribution in [0.3, 0.4) is 0 Å². The van der Waals surface area contributed by atoms with E-state index in [1.54, 1.807) is 17.0 Å². The molecule has 0 spiro atoms. The van der Waals surface area contributed by atoms with Crippen LogP contribution in [0.5, 0.6) is 5.75 Å². The predicted octanol–water partition coefficient (Wildman–Crippen LogP) is 4.11. The average molecular weight is 595 g/mol. The summed E-state index contributed by atoms with van der Waals surface area (Å²) in [6.07, 6.45) is 2.30. The Bertz CT molecular complexity index is 1550. The molecule has 43 heavy (non-hydrogen) atoms. The van der Waals surface area contributed by atoms with Crippen LogP contribution in [0.2, 0.25) is 0 Å². The lowest BCUT2D eigenvalue weighted by Crippen LogP contribution is -2.50. The Morgan fingerprint density at radius 1 is 1.05 bits per heavy atom. The fraction of sp³-hybridized carbons (Fsp3) is 0.438. The minimum absolute atomic E-state index is 0.125. The molecule has 0 saturated carbocycles. The molecule has 9 nitrogen and oxygen atoms in total. The number of aromatic nitrogens is 2. The van der Waals surface area contributed by atoms with Gasteiger partial charge in [-0.25, -0.2) is 8.78 Å². The maximum absolute atomic E-state index is 15.2. The molecule has 2 aliphatic rings. The molecule has 1 aliphatic heterocycles. The van der Waals surface area contributed by atoms with Crippen molar-refractivity contribution < 1.29 is 27.8 Å². The van der Waals surface area contributed by atoms with Crippen molar-refractivity contribution >= 4 is 11.9 Å². The molecule has 11 heteroatoms. The molecule has 0 radical (unpaired) electrons. The maximum atomic E-state index is 15.2. The highest BCUT2D eigenvalue weighted by atomic mass is 19.1. The van der Waals surface area contributed by atoms with E-state index < -0.39 is 53.7 Å². The molecular weight excluding hydrogens is 558 g/mol. The number of carbonyl (C=O) groups is 2. The molecular formula is C32H36F2N4O5. The predicted molar refractivity (Wildman–Crippen MR) is 155 cm³/mol. The molecule has 2 aromatic carbocycles.